The van der Waals surface area contributed by atoms with Crippen LogP contribution in [-0.4, -0.2) is 23.6 Å². The molecule has 0 saturated carbocycles. The molecular weight excluding hydrogens is 234 g/mol. The Hall–Kier alpha value is -2.30. The van der Waals surface area contributed by atoms with Gasteiger partial charge in [-0.2, -0.15) is 0 Å². The quantitative estimate of drug-likeness (QED) is 0.784. The second-order valence-electron chi connectivity index (χ2n) is 3.54. The molecule has 1 amide bonds. The van der Waals surface area contributed by atoms with Gasteiger partial charge in [0.1, 0.15) is 5.75 Å². The van der Waals surface area contributed by atoms with E-state index in [9.17, 15) is 9.59 Å². The number of anilines is 1. The number of carbonyl (C=O) groups is 2. The maximum absolute atomic E-state index is 11.0. The molecule has 1 rings (SSSR count). The lowest BCUT2D eigenvalue weighted by Gasteiger charge is -2.11. The minimum Gasteiger partial charge on any atom is -0.492 e. The molecule has 0 aliphatic carbocycles. The van der Waals surface area contributed by atoms with Crippen LogP contribution in [0, 0.1) is 0 Å². The minimum absolute atomic E-state index is 0.190. The van der Waals surface area contributed by atoms with Crippen LogP contribution in [0.2, 0.25) is 0 Å². The molecule has 0 heterocycles. The molecule has 0 aromatic heterocycles. The molecular formula is C13H15NO4. The largest absolute Gasteiger partial charge is 0.492 e. The third-order valence-electron chi connectivity index (χ3n) is 2.03. The molecule has 96 valence electrons. The van der Waals surface area contributed by atoms with Gasteiger partial charge in [-0.25, -0.2) is 4.79 Å². The molecule has 18 heavy (non-hydrogen) atoms. The van der Waals surface area contributed by atoms with Crippen LogP contribution in [0.5, 0.6) is 5.75 Å². The Morgan fingerprint density at radius 2 is 2.17 bits per heavy atom. The van der Waals surface area contributed by atoms with Crippen molar-refractivity contribution >= 4 is 23.6 Å². The maximum atomic E-state index is 11.0. The van der Waals surface area contributed by atoms with Gasteiger partial charge in [0.05, 0.1) is 12.3 Å². The number of rotatable bonds is 5. The molecule has 1 aromatic rings. The van der Waals surface area contributed by atoms with Crippen molar-refractivity contribution in [1.82, 2.24) is 0 Å². The van der Waals surface area contributed by atoms with Crippen LogP contribution in [-0.2, 0) is 9.59 Å². The van der Waals surface area contributed by atoms with Gasteiger partial charge in [0.15, 0.2) is 0 Å². The average Bonchev–Trinajstić information content (AvgIpc) is 2.29. The number of hydrogen-bond donors (Lipinski definition) is 2. The summed E-state index contributed by atoms with van der Waals surface area (Å²) in [6, 6.07) is 5.05. The van der Waals surface area contributed by atoms with E-state index in [2.05, 4.69) is 5.32 Å². The van der Waals surface area contributed by atoms with Gasteiger partial charge >= 0.3 is 5.97 Å². The molecule has 1 aromatic carbocycles. The first kappa shape index (κ1) is 13.8. The molecule has 5 nitrogen and oxygen atoms in total. The third-order valence-corrected chi connectivity index (χ3v) is 2.03. The van der Waals surface area contributed by atoms with Crippen molar-refractivity contribution in [2.75, 3.05) is 11.9 Å². The minimum atomic E-state index is -1.01. The molecule has 0 atom stereocenters. The number of nitrogens with one attached hydrogen (secondary N) is 1. The monoisotopic (exact) mass is 249 g/mol. The fraction of sp³-hybridized carbons (Fsp3) is 0.231. The topological polar surface area (TPSA) is 75.6 Å². The fourth-order valence-electron chi connectivity index (χ4n) is 1.38. The first-order valence-electron chi connectivity index (χ1n) is 5.48. The van der Waals surface area contributed by atoms with E-state index in [-0.39, 0.29) is 5.91 Å². The number of benzene rings is 1. The summed E-state index contributed by atoms with van der Waals surface area (Å²) in [5.41, 5.74) is 1.26. The summed E-state index contributed by atoms with van der Waals surface area (Å²) in [7, 11) is 0. The van der Waals surface area contributed by atoms with Crippen LogP contribution in [0.15, 0.2) is 24.3 Å². The van der Waals surface area contributed by atoms with Crippen LogP contribution < -0.4 is 10.1 Å². The normalized spacial score (nSPS) is 10.3. The fourth-order valence-corrected chi connectivity index (χ4v) is 1.38. The summed E-state index contributed by atoms with van der Waals surface area (Å²) in [5.74, 6) is -0.691. The number of ether oxygens (including phenoxy) is 1. The van der Waals surface area contributed by atoms with Crippen molar-refractivity contribution in [3.8, 4) is 5.75 Å². The SMILES string of the molecule is CCOc1cc(/C=C/C(=O)O)ccc1NC(C)=O. The van der Waals surface area contributed by atoms with E-state index in [0.29, 0.717) is 23.6 Å². The van der Waals surface area contributed by atoms with Crippen molar-refractivity contribution in [3.63, 3.8) is 0 Å². The van der Waals surface area contributed by atoms with Crippen molar-refractivity contribution in [3.05, 3.63) is 29.8 Å². The highest BCUT2D eigenvalue weighted by molar-refractivity contribution is 5.91. The predicted octanol–water partition coefficient (Wildman–Crippen LogP) is 2.14. The van der Waals surface area contributed by atoms with Gasteiger partial charge in [-0.3, -0.25) is 4.79 Å². The van der Waals surface area contributed by atoms with Crippen LogP contribution in [0.25, 0.3) is 6.08 Å². The highest BCUT2D eigenvalue weighted by Gasteiger charge is 2.05. The summed E-state index contributed by atoms with van der Waals surface area (Å²) < 4.78 is 5.39. The number of aliphatic carboxylic acids is 1. The lowest BCUT2D eigenvalue weighted by Crippen LogP contribution is -2.08. The van der Waals surface area contributed by atoms with Crippen LogP contribution in [0.3, 0.4) is 0 Å². The molecule has 2 N–H and O–H groups in total. The van der Waals surface area contributed by atoms with Crippen LogP contribution >= 0.6 is 0 Å². The molecule has 0 bridgehead atoms. The first-order valence-corrected chi connectivity index (χ1v) is 5.48. The van der Waals surface area contributed by atoms with E-state index in [1.165, 1.54) is 13.0 Å². The predicted molar refractivity (Wildman–Crippen MR) is 68.6 cm³/mol. The molecule has 5 heteroatoms. The summed E-state index contributed by atoms with van der Waals surface area (Å²) in [6.07, 6.45) is 2.51. The van der Waals surface area contributed by atoms with Crippen molar-refractivity contribution in [2.24, 2.45) is 0 Å². The number of carbonyl (C=O) groups excluding carboxylic acids is 1. The van der Waals surface area contributed by atoms with Crippen LogP contribution in [0.4, 0.5) is 5.69 Å². The van der Waals surface area contributed by atoms with Crippen molar-refractivity contribution < 1.29 is 19.4 Å². The Bertz CT molecular complexity index is 480. The molecule has 0 radical (unpaired) electrons. The van der Waals surface area contributed by atoms with E-state index in [0.717, 1.165) is 6.08 Å². The highest BCUT2D eigenvalue weighted by atomic mass is 16.5. The second kappa shape index (κ2) is 6.44. The van der Waals surface area contributed by atoms with E-state index in [4.69, 9.17) is 9.84 Å². The second-order valence-corrected chi connectivity index (χ2v) is 3.54. The lowest BCUT2D eigenvalue weighted by atomic mass is 10.1. The van der Waals surface area contributed by atoms with Gasteiger partial charge in [0, 0.05) is 13.0 Å². The summed E-state index contributed by atoms with van der Waals surface area (Å²) in [5, 5.41) is 11.2. The standard InChI is InChI=1S/C13H15NO4/c1-3-18-12-8-10(5-7-13(16)17)4-6-11(12)14-9(2)15/h4-8H,3H2,1-2H3,(H,14,15)(H,16,17)/b7-5+. The summed E-state index contributed by atoms with van der Waals surface area (Å²) in [4.78, 5) is 21.4. The first-order chi connectivity index (χ1) is 8.52. The van der Waals surface area contributed by atoms with Gasteiger partial charge in [-0.05, 0) is 30.7 Å². The molecule has 0 aliphatic heterocycles. The van der Waals surface area contributed by atoms with E-state index >= 15 is 0 Å². The summed E-state index contributed by atoms with van der Waals surface area (Å²) in [6.45, 7) is 3.70. The lowest BCUT2D eigenvalue weighted by molar-refractivity contribution is -0.131. The Labute approximate surface area is 105 Å². The van der Waals surface area contributed by atoms with Gasteiger partial charge in [0.2, 0.25) is 5.91 Å². The van der Waals surface area contributed by atoms with Gasteiger partial charge in [0.25, 0.3) is 0 Å². The maximum Gasteiger partial charge on any atom is 0.328 e. The average molecular weight is 249 g/mol. The van der Waals surface area contributed by atoms with Gasteiger partial charge in [-0.1, -0.05) is 6.07 Å². The van der Waals surface area contributed by atoms with Crippen molar-refractivity contribution in [1.29, 1.82) is 0 Å². The van der Waals surface area contributed by atoms with Crippen LogP contribution in [0.1, 0.15) is 19.4 Å². The zero-order chi connectivity index (χ0) is 13.5. The molecule has 0 unspecified atom stereocenters. The smallest absolute Gasteiger partial charge is 0.328 e. The molecule has 0 aliphatic rings. The van der Waals surface area contributed by atoms with Gasteiger partial charge in [-0.15, -0.1) is 0 Å². The summed E-state index contributed by atoms with van der Waals surface area (Å²) >= 11 is 0. The van der Waals surface area contributed by atoms with Crippen molar-refractivity contribution in [2.45, 2.75) is 13.8 Å². The highest BCUT2D eigenvalue weighted by Crippen LogP contribution is 2.26. The number of amides is 1. The zero-order valence-electron chi connectivity index (χ0n) is 10.3. The Morgan fingerprint density at radius 1 is 1.44 bits per heavy atom. The molecule has 0 saturated heterocycles. The zero-order valence-corrected chi connectivity index (χ0v) is 10.3. The van der Waals surface area contributed by atoms with E-state index in [1.807, 2.05) is 6.92 Å². The Kier molecular flexibility index (Phi) is 4.92. The molecule has 0 fully saturated rings. The Balaban J connectivity index is 3.02. The number of carboxylic acids is 1. The van der Waals surface area contributed by atoms with Gasteiger partial charge < -0.3 is 15.2 Å². The number of carboxylic acid groups (broad SMARTS) is 1. The number of hydrogen-bond acceptors (Lipinski definition) is 3. The Morgan fingerprint density at radius 3 is 2.72 bits per heavy atom. The van der Waals surface area contributed by atoms with E-state index < -0.39 is 5.97 Å². The third kappa shape index (κ3) is 4.29. The molecule has 0 spiro atoms. The van der Waals surface area contributed by atoms with E-state index in [1.54, 1.807) is 18.2 Å².